The zero-order valence-electron chi connectivity index (χ0n) is 27.0. The average molecular weight is 678 g/mol. The van der Waals surface area contributed by atoms with Crippen LogP contribution in [-0.4, -0.2) is 122 Å². The highest BCUT2D eigenvalue weighted by atomic mass is 16.8. The lowest BCUT2D eigenvalue weighted by atomic mass is 9.94. The van der Waals surface area contributed by atoms with E-state index in [1.807, 2.05) is 0 Å². The number of amides is 1. The SMILES string of the molecule is CC(=O)N[C@H]1[C@H](O[C@H]2[C@H](OC(C)=O)[C@@H](OC(C)=O)[C@H](OC(C)=O)O[C@@H]2COC(C)=O)O[C@H](COC(C)=O)[C@@H](OC(C)=O)[C@@H]1OC(C)=O. The highest BCUT2D eigenvalue weighted by Gasteiger charge is 2.57. The highest BCUT2D eigenvalue weighted by molar-refractivity contribution is 5.74. The van der Waals surface area contributed by atoms with Gasteiger partial charge >= 0.3 is 41.8 Å². The molecule has 2 fully saturated rings. The molecule has 0 unspecified atom stereocenters. The first-order chi connectivity index (χ1) is 21.9. The second-order valence-electron chi connectivity index (χ2n) is 10.4. The minimum Gasteiger partial charge on any atom is -0.463 e. The third kappa shape index (κ3) is 12.1. The van der Waals surface area contributed by atoms with E-state index in [1.54, 1.807) is 0 Å². The van der Waals surface area contributed by atoms with Gasteiger partial charge in [-0.05, 0) is 0 Å². The van der Waals surface area contributed by atoms with Gasteiger partial charge in [-0.25, -0.2) is 0 Å². The zero-order chi connectivity index (χ0) is 35.6. The molecular formula is C28H39NO18. The number of rotatable bonds is 12. The van der Waals surface area contributed by atoms with Crippen LogP contribution < -0.4 is 5.32 Å². The number of nitrogens with one attached hydrogen (secondary N) is 1. The van der Waals surface area contributed by atoms with Gasteiger partial charge in [-0.2, -0.15) is 0 Å². The summed E-state index contributed by atoms with van der Waals surface area (Å²) in [4.78, 5) is 96.5. The van der Waals surface area contributed by atoms with Crippen molar-refractivity contribution in [3.05, 3.63) is 0 Å². The fraction of sp³-hybridized carbons (Fsp3) is 0.714. The number of esters is 7. The standard InChI is InChI=1S/C28H39NO18/c1-11(30)29-21-24(41-15(5)34)22(40-14(4)33)19(9-38-12(2)31)45-27(21)47-23-20(10-39-13(3)32)46-28(44-18(8)37)26(43-17(7)36)25(23)42-16(6)35/h19-28H,9-10H2,1-8H3,(H,29,30)/t19-,20-,21-,22-,23-,24-,25+,26-,27+,28-/m1/s1. The molecule has 0 bridgehead atoms. The van der Waals surface area contributed by atoms with Gasteiger partial charge in [0.1, 0.15) is 37.6 Å². The summed E-state index contributed by atoms with van der Waals surface area (Å²) in [7, 11) is 0. The zero-order valence-corrected chi connectivity index (χ0v) is 27.0. The molecule has 19 heteroatoms. The molecule has 0 aliphatic carbocycles. The van der Waals surface area contributed by atoms with Crippen LogP contribution >= 0.6 is 0 Å². The van der Waals surface area contributed by atoms with Crippen molar-refractivity contribution in [1.82, 2.24) is 5.32 Å². The van der Waals surface area contributed by atoms with Gasteiger partial charge < -0.3 is 52.7 Å². The van der Waals surface area contributed by atoms with Crippen LogP contribution in [0, 0.1) is 0 Å². The third-order valence-electron chi connectivity index (χ3n) is 6.29. The Hall–Kier alpha value is -4.36. The monoisotopic (exact) mass is 677 g/mol. The summed E-state index contributed by atoms with van der Waals surface area (Å²) in [5.74, 6) is -6.64. The van der Waals surface area contributed by atoms with E-state index in [1.165, 1.54) is 0 Å². The molecule has 47 heavy (non-hydrogen) atoms. The lowest BCUT2D eigenvalue weighted by Crippen LogP contribution is -2.69. The molecule has 2 rings (SSSR count). The van der Waals surface area contributed by atoms with Crippen LogP contribution in [0.25, 0.3) is 0 Å². The van der Waals surface area contributed by atoms with Crippen LogP contribution in [0.2, 0.25) is 0 Å². The van der Waals surface area contributed by atoms with Gasteiger partial charge in [0.2, 0.25) is 18.3 Å². The van der Waals surface area contributed by atoms with Gasteiger partial charge in [0.05, 0.1) is 0 Å². The van der Waals surface area contributed by atoms with Crippen LogP contribution in [0.15, 0.2) is 0 Å². The highest BCUT2D eigenvalue weighted by Crippen LogP contribution is 2.34. The Morgan fingerprint density at radius 2 is 0.872 bits per heavy atom. The van der Waals surface area contributed by atoms with Crippen molar-refractivity contribution in [1.29, 1.82) is 0 Å². The maximum Gasteiger partial charge on any atom is 0.305 e. The predicted octanol–water partition coefficient (Wildman–Crippen LogP) is -1.26. The number of carbonyl (C=O) groups excluding carboxylic acids is 8. The van der Waals surface area contributed by atoms with Crippen molar-refractivity contribution < 1.29 is 85.7 Å². The van der Waals surface area contributed by atoms with E-state index in [4.69, 9.17) is 47.4 Å². The molecule has 0 radical (unpaired) electrons. The molecule has 0 saturated carbocycles. The van der Waals surface area contributed by atoms with Crippen LogP contribution in [0.4, 0.5) is 0 Å². The quantitative estimate of drug-likeness (QED) is 0.187. The molecular weight excluding hydrogens is 638 g/mol. The van der Waals surface area contributed by atoms with Crippen LogP contribution in [0.5, 0.6) is 0 Å². The molecule has 1 amide bonds. The van der Waals surface area contributed by atoms with Gasteiger partial charge in [-0.1, -0.05) is 0 Å². The van der Waals surface area contributed by atoms with E-state index in [0.29, 0.717) is 0 Å². The second-order valence-corrected chi connectivity index (χ2v) is 10.4. The lowest BCUT2D eigenvalue weighted by molar-refractivity contribution is -0.344. The molecule has 0 aromatic carbocycles. The summed E-state index contributed by atoms with van der Waals surface area (Å²) in [5.41, 5.74) is 0. The minimum atomic E-state index is -1.72. The maximum atomic E-state index is 12.4. The Morgan fingerprint density at radius 3 is 1.32 bits per heavy atom. The second kappa shape index (κ2) is 17.5. The summed E-state index contributed by atoms with van der Waals surface area (Å²) in [6, 6.07) is -1.47. The molecule has 2 saturated heterocycles. The van der Waals surface area contributed by atoms with Crippen LogP contribution in [0.3, 0.4) is 0 Å². The third-order valence-corrected chi connectivity index (χ3v) is 6.29. The van der Waals surface area contributed by atoms with Crippen molar-refractivity contribution in [3.63, 3.8) is 0 Å². The van der Waals surface area contributed by atoms with E-state index in [-0.39, 0.29) is 0 Å². The van der Waals surface area contributed by atoms with Crippen molar-refractivity contribution in [2.24, 2.45) is 0 Å². The minimum absolute atomic E-state index is 0.562. The van der Waals surface area contributed by atoms with Gasteiger partial charge in [0, 0.05) is 55.4 Å². The van der Waals surface area contributed by atoms with Crippen molar-refractivity contribution in [2.75, 3.05) is 13.2 Å². The molecule has 10 atom stereocenters. The first-order valence-corrected chi connectivity index (χ1v) is 14.3. The summed E-state index contributed by atoms with van der Waals surface area (Å²) in [6.45, 7) is 7.31. The van der Waals surface area contributed by atoms with E-state index in [9.17, 15) is 38.4 Å². The number of hydrogen-bond acceptors (Lipinski definition) is 18. The fourth-order valence-electron chi connectivity index (χ4n) is 4.84. The van der Waals surface area contributed by atoms with E-state index in [0.717, 1.165) is 55.4 Å². The Morgan fingerprint density at radius 1 is 0.468 bits per heavy atom. The van der Waals surface area contributed by atoms with E-state index in [2.05, 4.69) is 5.32 Å². The molecule has 19 nitrogen and oxygen atoms in total. The molecule has 264 valence electrons. The number of hydrogen-bond donors (Lipinski definition) is 1. The normalized spacial score (nSPS) is 30.0. The Kier molecular flexibility index (Phi) is 14.5. The average Bonchev–Trinajstić information content (AvgIpc) is 2.91. The molecule has 0 aromatic rings. The van der Waals surface area contributed by atoms with Crippen LogP contribution in [0.1, 0.15) is 55.4 Å². The smallest absolute Gasteiger partial charge is 0.305 e. The molecule has 2 aliphatic rings. The lowest BCUT2D eigenvalue weighted by Gasteiger charge is -2.49. The van der Waals surface area contributed by atoms with Gasteiger partial charge in [-0.15, -0.1) is 0 Å². The van der Waals surface area contributed by atoms with Crippen molar-refractivity contribution in [3.8, 4) is 0 Å². The van der Waals surface area contributed by atoms with E-state index < -0.39 is 122 Å². The largest absolute Gasteiger partial charge is 0.463 e. The van der Waals surface area contributed by atoms with Crippen LogP contribution in [-0.2, 0) is 85.7 Å². The van der Waals surface area contributed by atoms with Crippen molar-refractivity contribution in [2.45, 2.75) is 117 Å². The summed E-state index contributed by atoms with van der Waals surface area (Å²) >= 11 is 0. The summed E-state index contributed by atoms with van der Waals surface area (Å²) in [6.07, 6.45) is -14.1. The fourth-order valence-corrected chi connectivity index (χ4v) is 4.84. The number of ether oxygens (including phenoxy) is 10. The topological polar surface area (TPSA) is 241 Å². The number of carbonyl (C=O) groups is 8. The Bertz CT molecular complexity index is 1200. The van der Waals surface area contributed by atoms with E-state index >= 15 is 0 Å². The molecule has 2 heterocycles. The Labute approximate surface area is 269 Å². The molecule has 1 N–H and O–H groups in total. The van der Waals surface area contributed by atoms with Gasteiger partial charge in [0.25, 0.3) is 0 Å². The first kappa shape index (κ1) is 38.8. The molecule has 0 aromatic heterocycles. The molecule has 2 aliphatic heterocycles. The summed E-state index contributed by atoms with van der Waals surface area (Å²) in [5, 5.41) is 2.51. The Balaban J connectivity index is 2.73. The first-order valence-electron chi connectivity index (χ1n) is 14.3. The predicted molar refractivity (Wildman–Crippen MR) is 147 cm³/mol. The van der Waals surface area contributed by atoms with Gasteiger partial charge in [-0.3, -0.25) is 38.4 Å². The molecule has 0 spiro atoms. The summed E-state index contributed by atoms with van der Waals surface area (Å²) < 4.78 is 55.1. The maximum absolute atomic E-state index is 12.4. The van der Waals surface area contributed by atoms with Gasteiger partial charge in [0.15, 0.2) is 24.6 Å². The van der Waals surface area contributed by atoms with Crippen molar-refractivity contribution >= 4 is 47.7 Å².